The van der Waals surface area contributed by atoms with Crippen molar-refractivity contribution in [3.05, 3.63) is 17.3 Å². The molecule has 1 aromatic heterocycles. The quantitative estimate of drug-likeness (QED) is 0.632. The number of thioether (sulfide) groups is 1. The fraction of sp³-hybridized carbons (Fsp3) is 0.429. The van der Waals surface area contributed by atoms with Gasteiger partial charge in [-0.25, -0.2) is 13.4 Å². The molecule has 1 aromatic rings. The first kappa shape index (κ1) is 12.7. The normalized spacial score (nSPS) is 23.3. The minimum Gasteiger partial charge on any atom is -1.00 e. The summed E-state index contributed by atoms with van der Waals surface area (Å²) in [4.78, 5) is 2.89. The van der Waals surface area contributed by atoms with Gasteiger partial charge in [-0.2, -0.15) is 0 Å². The zero-order valence-electron chi connectivity index (χ0n) is 7.90. The molecule has 2 N–H and O–H groups in total. The third-order valence-electron chi connectivity index (χ3n) is 1.94. The van der Waals surface area contributed by atoms with Gasteiger partial charge < -0.3 is 17.0 Å². The van der Waals surface area contributed by atoms with Gasteiger partial charge in [0.25, 0.3) is 11.5 Å². The zero-order valence-corrected chi connectivity index (χ0v) is 11.1. The number of aromatic amines is 2. The van der Waals surface area contributed by atoms with Crippen LogP contribution in [0.3, 0.4) is 0 Å². The Bertz CT molecular complexity index is 455. The lowest BCUT2D eigenvalue weighted by molar-refractivity contribution is -0.426. The maximum Gasteiger partial charge on any atom is 0.291 e. The van der Waals surface area contributed by atoms with E-state index in [0.717, 1.165) is 10.7 Å². The second-order valence-corrected chi connectivity index (χ2v) is 6.25. The molecule has 0 saturated heterocycles. The lowest BCUT2D eigenvalue weighted by Gasteiger charge is -2.04. The molecule has 1 aliphatic rings. The van der Waals surface area contributed by atoms with Crippen molar-refractivity contribution in [1.82, 2.24) is 10.2 Å². The lowest BCUT2D eigenvalue weighted by Crippen LogP contribution is -3.00. The molecule has 0 bridgehead atoms. The van der Waals surface area contributed by atoms with Gasteiger partial charge in [0.15, 0.2) is 9.84 Å². The molecular formula is C7H10BrN3O2S2. The van der Waals surface area contributed by atoms with Crippen molar-refractivity contribution in [3.8, 4) is 0 Å². The number of sulfone groups is 1. The lowest BCUT2D eigenvalue weighted by atomic mass is 10.3. The summed E-state index contributed by atoms with van der Waals surface area (Å²) in [7, 11) is -2.98. The standard InChI is InChI=1S/C7H9N3O2S2.BrH/c1-5-2-14(11,12)3-6(5)13-7-8-4-9-10-7;/h2,4,6H,3H2,1H3,(H,8,9,10);1H. The first-order chi connectivity index (χ1) is 6.57. The summed E-state index contributed by atoms with van der Waals surface area (Å²) in [5.41, 5.74) is 0.887. The summed E-state index contributed by atoms with van der Waals surface area (Å²) in [6, 6.07) is 0. The summed E-state index contributed by atoms with van der Waals surface area (Å²) >= 11 is 1.45. The van der Waals surface area contributed by atoms with Crippen molar-refractivity contribution < 1.29 is 30.4 Å². The molecule has 1 unspecified atom stereocenters. The highest BCUT2D eigenvalue weighted by molar-refractivity contribution is 8.02. The number of hydrogen-bond donors (Lipinski definition) is 1. The molecule has 84 valence electrons. The van der Waals surface area contributed by atoms with Crippen molar-refractivity contribution in [2.24, 2.45) is 0 Å². The van der Waals surface area contributed by atoms with Gasteiger partial charge in [0.1, 0.15) is 0 Å². The van der Waals surface area contributed by atoms with Gasteiger partial charge in [-0.1, -0.05) is 0 Å². The molecular weight excluding hydrogens is 302 g/mol. The SMILES string of the molecule is CC1=CS(=O)(=O)CC1Sc1[nH]nc[nH+]1.[Br-]. The molecule has 8 heteroatoms. The Balaban J connectivity index is 0.00000112. The predicted molar refractivity (Wildman–Crippen MR) is 52.3 cm³/mol. The summed E-state index contributed by atoms with van der Waals surface area (Å²) in [6.07, 6.45) is 1.53. The van der Waals surface area contributed by atoms with Crippen LogP contribution in [0.2, 0.25) is 0 Å². The van der Waals surface area contributed by atoms with Gasteiger partial charge >= 0.3 is 0 Å². The Kier molecular flexibility index (Phi) is 3.96. The van der Waals surface area contributed by atoms with Crippen LogP contribution in [0.25, 0.3) is 0 Å². The maximum atomic E-state index is 11.3. The van der Waals surface area contributed by atoms with Gasteiger partial charge in [-0.3, -0.25) is 0 Å². The van der Waals surface area contributed by atoms with E-state index < -0.39 is 9.84 Å². The molecule has 0 radical (unpaired) electrons. The number of hydrogen-bond acceptors (Lipinski definition) is 4. The molecule has 1 atom stereocenters. The summed E-state index contributed by atoms with van der Waals surface area (Å²) in [5.74, 6) is 0.177. The molecule has 2 rings (SSSR count). The zero-order chi connectivity index (χ0) is 10.2. The highest BCUT2D eigenvalue weighted by Gasteiger charge is 2.29. The fourth-order valence-electron chi connectivity index (χ4n) is 1.29. The first-order valence-electron chi connectivity index (χ1n) is 4.05. The van der Waals surface area contributed by atoms with E-state index >= 15 is 0 Å². The predicted octanol–water partition coefficient (Wildman–Crippen LogP) is -2.98. The van der Waals surface area contributed by atoms with Crippen molar-refractivity contribution in [3.63, 3.8) is 0 Å². The highest BCUT2D eigenvalue weighted by atomic mass is 79.9. The maximum absolute atomic E-state index is 11.3. The minimum atomic E-state index is -2.98. The molecule has 0 amide bonds. The number of halogens is 1. The van der Waals surface area contributed by atoms with E-state index in [1.165, 1.54) is 23.5 Å². The molecule has 0 fully saturated rings. The van der Waals surface area contributed by atoms with E-state index in [9.17, 15) is 8.42 Å². The van der Waals surface area contributed by atoms with Crippen LogP contribution in [0.15, 0.2) is 22.5 Å². The number of aromatic nitrogens is 3. The van der Waals surface area contributed by atoms with E-state index in [4.69, 9.17) is 0 Å². The van der Waals surface area contributed by atoms with Gasteiger partial charge in [0.2, 0.25) is 0 Å². The second-order valence-electron chi connectivity index (χ2n) is 3.14. The van der Waals surface area contributed by atoms with E-state index in [0.29, 0.717) is 0 Å². The van der Waals surface area contributed by atoms with Gasteiger partial charge in [0.05, 0.1) is 11.0 Å². The molecule has 15 heavy (non-hydrogen) atoms. The molecule has 0 aliphatic carbocycles. The van der Waals surface area contributed by atoms with Crippen LogP contribution >= 0.6 is 11.8 Å². The summed E-state index contributed by atoms with van der Waals surface area (Å²) in [6.45, 7) is 1.83. The van der Waals surface area contributed by atoms with Gasteiger partial charge in [0, 0.05) is 10.5 Å². The van der Waals surface area contributed by atoms with Crippen LogP contribution in [0.1, 0.15) is 6.92 Å². The van der Waals surface area contributed by atoms with Crippen molar-refractivity contribution in [2.75, 3.05) is 5.75 Å². The van der Waals surface area contributed by atoms with E-state index in [2.05, 4.69) is 15.2 Å². The second kappa shape index (κ2) is 4.67. The Hall–Kier alpha value is -0.340. The summed E-state index contributed by atoms with van der Waals surface area (Å²) in [5, 5.41) is 8.63. The third-order valence-corrected chi connectivity index (χ3v) is 4.95. The molecule has 0 spiro atoms. The van der Waals surface area contributed by atoms with Crippen LogP contribution in [0.4, 0.5) is 0 Å². The summed E-state index contributed by atoms with van der Waals surface area (Å²) < 4.78 is 22.5. The van der Waals surface area contributed by atoms with Gasteiger partial charge in [-0.05, 0) is 24.3 Å². The number of nitrogens with zero attached hydrogens (tertiary/aromatic N) is 1. The number of H-pyrrole nitrogens is 2. The molecule has 0 saturated carbocycles. The van der Waals surface area contributed by atoms with Crippen LogP contribution in [-0.4, -0.2) is 29.6 Å². The molecule has 5 nitrogen and oxygen atoms in total. The van der Waals surface area contributed by atoms with E-state index in [1.54, 1.807) is 0 Å². The largest absolute Gasteiger partial charge is 1.00 e. The van der Waals surface area contributed by atoms with Crippen molar-refractivity contribution >= 4 is 21.6 Å². The van der Waals surface area contributed by atoms with Crippen LogP contribution < -0.4 is 22.0 Å². The molecule has 1 aliphatic heterocycles. The highest BCUT2D eigenvalue weighted by Crippen LogP contribution is 2.30. The topological polar surface area (TPSA) is 77.0 Å². The van der Waals surface area contributed by atoms with Crippen LogP contribution in [0, 0.1) is 0 Å². The van der Waals surface area contributed by atoms with Crippen LogP contribution in [0.5, 0.6) is 0 Å². The average molecular weight is 312 g/mol. The Labute approximate surface area is 102 Å². The third kappa shape index (κ3) is 3.05. The Morgan fingerprint density at radius 3 is 2.87 bits per heavy atom. The van der Waals surface area contributed by atoms with Gasteiger partial charge in [-0.15, -0.1) is 5.10 Å². The molecule has 2 heterocycles. The van der Waals surface area contributed by atoms with Crippen LogP contribution in [-0.2, 0) is 9.84 Å². The monoisotopic (exact) mass is 311 g/mol. The van der Waals surface area contributed by atoms with E-state index in [-0.39, 0.29) is 28.0 Å². The molecule has 0 aromatic carbocycles. The van der Waals surface area contributed by atoms with Crippen molar-refractivity contribution in [1.29, 1.82) is 0 Å². The Morgan fingerprint density at radius 2 is 2.40 bits per heavy atom. The van der Waals surface area contributed by atoms with E-state index in [1.807, 2.05) is 6.92 Å². The fourth-order valence-corrected chi connectivity index (χ4v) is 4.50. The minimum absolute atomic E-state index is 0. The smallest absolute Gasteiger partial charge is 0.291 e. The number of rotatable bonds is 2. The van der Waals surface area contributed by atoms with Crippen molar-refractivity contribution in [2.45, 2.75) is 17.3 Å². The first-order valence-corrected chi connectivity index (χ1v) is 6.65. The number of nitrogens with one attached hydrogen (secondary N) is 2. The average Bonchev–Trinajstić information content (AvgIpc) is 2.61. The Morgan fingerprint density at radius 1 is 1.67 bits per heavy atom.